The van der Waals surface area contributed by atoms with Crippen LogP contribution >= 0.6 is 0 Å². The first-order chi connectivity index (χ1) is 13.4. The lowest BCUT2D eigenvalue weighted by Crippen LogP contribution is -2.23. The Bertz CT molecular complexity index is 1080. The third-order valence-electron chi connectivity index (χ3n) is 4.24. The minimum Gasteiger partial charge on any atom is -0.384 e. The molecule has 8 heteroatoms. The molecule has 4 aromatic rings. The van der Waals surface area contributed by atoms with Gasteiger partial charge in [-0.25, -0.2) is 15.0 Å². The van der Waals surface area contributed by atoms with Gasteiger partial charge in [0.2, 0.25) is 0 Å². The second-order valence-electron chi connectivity index (χ2n) is 7.51. The van der Waals surface area contributed by atoms with Crippen molar-refractivity contribution in [3.05, 3.63) is 54.7 Å². The number of aliphatic hydroxyl groups excluding tert-OH is 1. The van der Waals surface area contributed by atoms with Gasteiger partial charge < -0.3 is 9.84 Å². The number of nitrogens with zero attached hydrogens (tertiary/aromatic N) is 5. The molecule has 2 N–H and O–H groups in total. The van der Waals surface area contributed by atoms with Crippen LogP contribution in [0.4, 0.5) is 0 Å². The molecule has 0 unspecified atom stereocenters. The Labute approximate surface area is 162 Å². The predicted molar refractivity (Wildman–Crippen MR) is 105 cm³/mol. The zero-order valence-corrected chi connectivity index (χ0v) is 16.0. The lowest BCUT2D eigenvalue weighted by atomic mass is 10.2. The second kappa shape index (κ2) is 7.14. The molecular weight excluding hydrogens is 356 g/mol. The van der Waals surface area contributed by atoms with Gasteiger partial charge in [-0.15, -0.1) is 0 Å². The molecule has 3 aromatic heterocycles. The highest BCUT2D eigenvalue weighted by Gasteiger charge is 2.17. The molecule has 0 saturated heterocycles. The summed E-state index contributed by atoms with van der Waals surface area (Å²) in [5.41, 5.74) is 3.44. The van der Waals surface area contributed by atoms with Crippen LogP contribution in [0, 0.1) is 0 Å². The van der Waals surface area contributed by atoms with E-state index < -0.39 is 6.10 Å². The summed E-state index contributed by atoms with van der Waals surface area (Å²) in [5, 5.41) is 17.1. The van der Waals surface area contributed by atoms with E-state index >= 15 is 0 Å². The molecule has 4 rings (SSSR count). The molecule has 0 aliphatic heterocycles. The summed E-state index contributed by atoms with van der Waals surface area (Å²) >= 11 is 0. The molecule has 28 heavy (non-hydrogen) atoms. The smallest absolute Gasteiger partial charge is 0.163 e. The van der Waals surface area contributed by atoms with Crippen LogP contribution in [-0.4, -0.2) is 47.0 Å². The Hall–Kier alpha value is -3.10. The van der Waals surface area contributed by atoms with E-state index in [0.29, 0.717) is 22.7 Å². The van der Waals surface area contributed by atoms with E-state index in [9.17, 15) is 5.11 Å². The Kier molecular flexibility index (Phi) is 4.66. The Morgan fingerprint density at radius 2 is 2.07 bits per heavy atom. The van der Waals surface area contributed by atoms with Crippen LogP contribution in [0.25, 0.3) is 28.2 Å². The van der Waals surface area contributed by atoms with E-state index in [-0.39, 0.29) is 12.2 Å². The third-order valence-corrected chi connectivity index (χ3v) is 4.24. The number of hydrogen-bond donors (Lipinski definition) is 2. The van der Waals surface area contributed by atoms with Gasteiger partial charge in [0.25, 0.3) is 0 Å². The summed E-state index contributed by atoms with van der Waals surface area (Å²) in [4.78, 5) is 13.3. The number of aliphatic hydroxyl groups is 1. The first kappa shape index (κ1) is 18.3. The molecule has 8 nitrogen and oxygen atoms in total. The number of aromatic amines is 1. The second-order valence-corrected chi connectivity index (χ2v) is 7.51. The first-order valence-electron chi connectivity index (χ1n) is 9.03. The zero-order valence-electron chi connectivity index (χ0n) is 16.0. The van der Waals surface area contributed by atoms with Crippen molar-refractivity contribution >= 4 is 11.2 Å². The molecule has 1 aromatic carbocycles. The fourth-order valence-corrected chi connectivity index (χ4v) is 2.86. The molecule has 0 radical (unpaired) electrons. The standard InChI is InChI=1S/C20H22N6O2/c1-20(2,3)28-11-17(27)16-10-21-19-15(24-16)7-8-26(19)14-6-4-5-13(9-14)18-22-12-23-25-18/h4-10,12,17,27H,11H2,1-3H3,(H,22,23,25)/t17-/m0/s1. The number of rotatable bonds is 5. The molecule has 144 valence electrons. The predicted octanol–water partition coefficient (Wildman–Crippen LogP) is 3.05. The number of hydrogen-bond acceptors (Lipinski definition) is 6. The lowest BCUT2D eigenvalue weighted by molar-refractivity contribution is -0.0506. The molecular formula is C20H22N6O2. The molecule has 0 aliphatic carbocycles. The summed E-state index contributed by atoms with van der Waals surface area (Å²) in [5.74, 6) is 0.702. The highest BCUT2D eigenvalue weighted by atomic mass is 16.5. The summed E-state index contributed by atoms with van der Waals surface area (Å²) in [6.07, 6.45) is 4.16. The zero-order chi connectivity index (χ0) is 19.7. The average molecular weight is 378 g/mol. The number of aromatic nitrogens is 6. The normalized spacial score (nSPS) is 13.1. The van der Waals surface area contributed by atoms with Gasteiger partial charge >= 0.3 is 0 Å². The maximum Gasteiger partial charge on any atom is 0.163 e. The van der Waals surface area contributed by atoms with Crippen LogP contribution in [0.3, 0.4) is 0 Å². The van der Waals surface area contributed by atoms with Crippen LogP contribution < -0.4 is 0 Å². The number of H-pyrrole nitrogens is 1. The quantitative estimate of drug-likeness (QED) is 0.553. The fraction of sp³-hybridized carbons (Fsp3) is 0.300. The van der Waals surface area contributed by atoms with Gasteiger partial charge in [-0.3, -0.25) is 9.67 Å². The van der Waals surface area contributed by atoms with Crippen molar-refractivity contribution < 1.29 is 9.84 Å². The topological polar surface area (TPSA) is 102 Å². The van der Waals surface area contributed by atoms with Crippen LogP contribution in [0.1, 0.15) is 32.6 Å². The molecule has 3 heterocycles. The Morgan fingerprint density at radius 1 is 1.21 bits per heavy atom. The summed E-state index contributed by atoms with van der Waals surface area (Å²) < 4.78 is 7.59. The minimum absolute atomic E-state index is 0.170. The molecule has 0 aliphatic rings. The van der Waals surface area contributed by atoms with E-state index in [4.69, 9.17) is 4.74 Å². The molecule has 0 amide bonds. The van der Waals surface area contributed by atoms with E-state index in [1.54, 1.807) is 6.20 Å². The van der Waals surface area contributed by atoms with E-state index in [1.807, 2.05) is 61.9 Å². The van der Waals surface area contributed by atoms with Crippen molar-refractivity contribution in [1.29, 1.82) is 0 Å². The maximum atomic E-state index is 10.4. The summed E-state index contributed by atoms with van der Waals surface area (Å²) in [6, 6.07) is 9.78. The van der Waals surface area contributed by atoms with Crippen LogP contribution in [0.5, 0.6) is 0 Å². The maximum absolute atomic E-state index is 10.4. The third kappa shape index (κ3) is 3.78. The van der Waals surface area contributed by atoms with Crippen molar-refractivity contribution in [3.8, 4) is 17.1 Å². The number of benzene rings is 1. The van der Waals surface area contributed by atoms with Crippen molar-refractivity contribution in [2.45, 2.75) is 32.5 Å². The lowest BCUT2D eigenvalue weighted by Gasteiger charge is -2.21. The minimum atomic E-state index is -0.825. The van der Waals surface area contributed by atoms with Gasteiger partial charge in [0, 0.05) is 17.4 Å². The fourth-order valence-electron chi connectivity index (χ4n) is 2.86. The van der Waals surface area contributed by atoms with Crippen molar-refractivity contribution in [2.24, 2.45) is 0 Å². The molecule has 0 saturated carbocycles. The molecule has 0 spiro atoms. The van der Waals surface area contributed by atoms with Gasteiger partial charge in [0.1, 0.15) is 17.9 Å². The Balaban J connectivity index is 1.63. The summed E-state index contributed by atoms with van der Waals surface area (Å²) in [6.45, 7) is 6.01. The van der Waals surface area contributed by atoms with Gasteiger partial charge in [-0.05, 0) is 39.0 Å². The van der Waals surface area contributed by atoms with E-state index in [2.05, 4.69) is 25.1 Å². The monoisotopic (exact) mass is 378 g/mol. The van der Waals surface area contributed by atoms with Gasteiger partial charge in [-0.2, -0.15) is 5.10 Å². The largest absolute Gasteiger partial charge is 0.384 e. The highest BCUT2D eigenvalue weighted by Crippen LogP contribution is 2.23. The van der Waals surface area contributed by atoms with Crippen LogP contribution in [0.15, 0.2) is 49.1 Å². The van der Waals surface area contributed by atoms with E-state index in [1.165, 1.54) is 6.33 Å². The van der Waals surface area contributed by atoms with Gasteiger partial charge in [0.05, 0.1) is 24.1 Å². The average Bonchev–Trinajstić information content (AvgIpc) is 3.35. The first-order valence-corrected chi connectivity index (χ1v) is 9.03. The summed E-state index contributed by atoms with van der Waals surface area (Å²) in [7, 11) is 0. The van der Waals surface area contributed by atoms with Crippen LogP contribution in [-0.2, 0) is 4.74 Å². The van der Waals surface area contributed by atoms with Gasteiger partial charge in [-0.1, -0.05) is 12.1 Å². The van der Waals surface area contributed by atoms with Crippen LogP contribution in [0.2, 0.25) is 0 Å². The SMILES string of the molecule is CC(C)(C)OC[C@H](O)c1cnc2c(ccn2-c2cccc(-c3ncn[nH]3)c2)n1. The van der Waals surface area contributed by atoms with Crippen molar-refractivity contribution in [1.82, 2.24) is 29.7 Å². The van der Waals surface area contributed by atoms with Crippen molar-refractivity contribution in [2.75, 3.05) is 6.61 Å². The molecule has 0 bridgehead atoms. The van der Waals surface area contributed by atoms with Crippen molar-refractivity contribution in [3.63, 3.8) is 0 Å². The van der Waals surface area contributed by atoms with Gasteiger partial charge in [0.15, 0.2) is 11.5 Å². The number of fused-ring (bicyclic) bond motifs is 1. The Morgan fingerprint density at radius 3 is 2.82 bits per heavy atom. The van der Waals surface area contributed by atoms with E-state index in [0.717, 1.165) is 11.3 Å². The molecule has 0 fully saturated rings. The number of ether oxygens (including phenoxy) is 1. The highest BCUT2D eigenvalue weighted by molar-refractivity contribution is 5.74. The molecule has 1 atom stereocenters. The number of nitrogens with one attached hydrogen (secondary N) is 1.